The third-order valence-electron chi connectivity index (χ3n) is 3.29. The van der Waals surface area contributed by atoms with Crippen LogP contribution in [0.4, 0.5) is 0 Å². The summed E-state index contributed by atoms with van der Waals surface area (Å²) in [5.74, 6) is 0.635. The maximum Gasteiger partial charge on any atom is 0.271 e. The Labute approximate surface area is 159 Å². The summed E-state index contributed by atoms with van der Waals surface area (Å²) in [5, 5.41) is 5.21. The molecular weight excluding hydrogens is 383 g/mol. The number of hydrogen-bond acceptors (Lipinski definition) is 3. The summed E-state index contributed by atoms with van der Waals surface area (Å²) in [6, 6.07) is 15.3. The zero-order valence-corrected chi connectivity index (χ0v) is 14.9. The van der Waals surface area contributed by atoms with E-state index in [0.29, 0.717) is 37.7 Å². The molecule has 3 aromatic rings. The van der Waals surface area contributed by atoms with Crippen LogP contribution in [0, 0.1) is 0 Å². The molecule has 1 aromatic heterocycles. The number of furan rings is 1. The van der Waals surface area contributed by atoms with Crippen LogP contribution in [0.15, 0.2) is 64.1 Å². The maximum atomic E-state index is 11.9. The van der Waals surface area contributed by atoms with Gasteiger partial charge in [0.25, 0.3) is 5.91 Å². The van der Waals surface area contributed by atoms with Crippen molar-refractivity contribution in [1.82, 2.24) is 5.43 Å². The second-order valence-electron chi connectivity index (χ2n) is 5.01. The Morgan fingerprint density at radius 3 is 2.64 bits per heavy atom. The van der Waals surface area contributed by atoms with Gasteiger partial charge in [-0.05, 0) is 42.5 Å². The van der Waals surface area contributed by atoms with Gasteiger partial charge in [-0.2, -0.15) is 5.10 Å². The van der Waals surface area contributed by atoms with Gasteiger partial charge in [-0.15, -0.1) is 0 Å². The molecule has 3 rings (SSSR count). The van der Waals surface area contributed by atoms with Crippen LogP contribution < -0.4 is 5.43 Å². The fraction of sp³-hybridized carbons (Fsp3) is 0. The predicted octanol–water partition coefficient (Wildman–Crippen LogP) is 5.67. The summed E-state index contributed by atoms with van der Waals surface area (Å²) in [5.41, 5.74) is 3.50. The van der Waals surface area contributed by atoms with Gasteiger partial charge < -0.3 is 4.42 Å². The van der Waals surface area contributed by atoms with Crippen molar-refractivity contribution >= 4 is 46.9 Å². The molecule has 7 heteroatoms. The number of nitrogens with one attached hydrogen (secondary N) is 1. The zero-order valence-electron chi connectivity index (χ0n) is 12.7. The Kier molecular flexibility index (Phi) is 5.43. The summed E-state index contributed by atoms with van der Waals surface area (Å²) in [6.45, 7) is 0. The number of hydrogen-bond donors (Lipinski definition) is 1. The first kappa shape index (κ1) is 17.5. The van der Waals surface area contributed by atoms with Crippen LogP contribution in [0.2, 0.25) is 15.1 Å². The molecule has 1 amide bonds. The van der Waals surface area contributed by atoms with Crippen LogP contribution in [-0.2, 0) is 0 Å². The van der Waals surface area contributed by atoms with Crippen LogP contribution in [-0.4, -0.2) is 12.1 Å². The first-order chi connectivity index (χ1) is 12.0. The van der Waals surface area contributed by atoms with E-state index in [9.17, 15) is 4.79 Å². The van der Waals surface area contributed by atoms with Gasteiger partial charge in [0.05, 0.1) is 16.3 Å². The summed E-state index contributed by atoms with van der Waals surface area (Å²) >= 11 is 18.0. The van der Waals surface area contributed by atoms with E-state index in [2.05, 4.69) is 10.5 Å². The Morgan fingerprint density at radius 1 is 1.04 bits per heavy atom. The first-order valence-corrected chi connectivity index (χ1v) is 8.31. The highest BCUT2D eigenvalue weighted by molar-refractivity contribution is 6.43. The van der Waals surface area contributed by atoms with Crippen LogP contribution in [0.25, 0.3) is 11.3 Å². The summed E-state index contributed by atoms with van der Waals surface area (Å²) in [7, 11) is 0. The molecule has 0 aliphatic carbocycles. The number of carbonyl (C=O) groups excluding carboxylic acids is 1. The topological polar surface area (TPSA) is 54.6 Å². The molecule has 0 saturated heterocycles. The molecule has 0 saturated carbocycles. The van der Waals surface area contributed by atoms with Crippen molar-refractivity contribution in [3.63, 3.8) is 0 Å². The number of halogens is 3. The molecule has 0 bridgehead atoms. The minimum absolute atomic E-state index is 0.372. The fourth-order valence-corrected chi connectivity index (χ4v) is 2.69. The third-order valence-corrected chi connectivity index (χ3v) is 4.34. The minimum Gasteiger partial charge on any atom is -0.455 e. The highest BCUT2D eigenvalue weighted by Crippen LogP contribution is 2.34. The van der Waals surface area contributed by atoms with Crippen LogP contribution >= 0.6 is 34.8 Å². The molecule has 25 heavy (non-hydrogen) atoms. The van der Waals surface area contributed by atoms with Gasteiger partial charge in [0.1, 0.15) is 11.5 Å². The van der Waals surface area contributed by atoms with Crippen LogP contribution in [0.3, 0.4) is 0 Å². The number of nitrogens with zero attached hydrogens (tertiary/aromatic N) is 1. The lowest BCUT2D eigenvalue weighted by molar-refractivity contribution is 0.0955. The maximum absolute atomic E-state index is 11.9. The first-order valence-electron chi connectivity index (χ1n) is 7.18. The van der Waals surface area contributed by atoms with E-state index < -0.39 is 0 Å². The van der Waals surface area contributed by atoms with Crippen LogP contribution in [0.1, 0.15) is 16.1 Å². The molecule has 1 heterocycles. The SMILES string of the molecule is O=C(NN=Cc1ccc(-c2cccc(Cl)c2Cl)o1)c1cccc(Cl)c1. The number of amides is 1. The van der Waals surface area contributed by atoms with E-state index in [1.54, 1.807) is 54.6 Å². The molecule has 0 spiro atoms. The van der Waals surface area contributed by atoms with Crippen LogP contribution in [0.5, 0.6) is 0 Å². The lowest BCUT2D eigenvalue weighted by Gasteiger charge is -2.02. The van der Waals surface area contributed by atoms with Crippen molar-refractivity contribution in [3.8, 4) is 11.3 Å². The van der Waals surface area contributed by atoms with Gasteiger partial charge >= 0.3 is 0 Å². The fourth-order valence-electron chi connectivity index (χ4n) is 2.11. The van der Waals surface area contributed by atoms with E-state index in [4.69, 9.17) is 39.2 Å². The Morgan fingerprint density at radius 2 is 1.84 bits per heavy atom. The Hall–Kier alpha value is -2.27. The molecular formula is C18H11Cl3N2O2. The van der Waals surface area contributed by atoms with E-state index >= 15 is 0 Å². The summed E-state index contributed by atoms with van der Waals surface area (Å²) < 4.78 is 5.65. The largest absolute Gasteiger partial charge is 0.455 e. The van der Waals surface area contributed by atoms with Crippen molar-refractivity contribution in [1.29, 1.82) is 0 Å². The summed E-state index contributed by atoms with van der Waals surface area (Å²) in [6.07, 6.45) is 1.39. The van der Waals surface area contributed by atoms with Crippen molar-refractivity contribution in [2.45, 2.75) is 0 Å². The molecule has 0 aliphatic rings. The predicted molar refractivity (Wildman–Crippen MR) is 101 cm³/mol. The number of rotatable bonds is 4. The molecule has 0 unspecified atom stereocenters. The second-order valence-corrected chi connectivity index (χ2v) is 6.23. The summed E-state index contributed by atoms with van der Waals surface area (Å²) in [4.78, 5) is 11.9. The van der Waals surface area contributed by atoms with Crippen molar-refractivity contribution in [2.75, 3.05) is 0 Å². The smallest absolute Gasteiger partial charge is 0.271 e. The van der Waals surface area contributed by atoms with Gasteiger partial charge in [-0.25, -0.2) is 5.43 Å². The second kappa shape index (κ2) is 7.74. The van der Waals surface area contributed by atoms with E-state index in [-0.39, 0.29) is 5.91 Å². The molecule has 0 atom stereocenters. The minimum atomic E-state index is -0.372. The molecule has 0 radical (unpaired) electrons. The molecule has 0 fully saturated rings. The van der Waals surface area contributed by atoms with E-state index in [1.807, 2.05) is 0 Å². The molecule has 0 aliphatic heterocycles. The van der Waals surface area contributed by atoms with Crippen molar-refractivity contribution < 1.29 is 9.21 Å². The average Bonchev–Trinajstić information content (AvgIpc) is 3.06. The van der Waals surface area contributed by atoms with Crippen molar-refractivity contribution in [3.05, 3.63) is 81.0 Å². The van der Waals surface area contributed by atoms with Gasteiger partial charge in [0, 0.05) is 16.1 Å². The molecule has 1 N–H and O–H groups in total. The van der Waals surface area contributed by atoms with E-state index in [1.165, 1.54) is 6.21 Å². The average molecular weight is 394 g/mol. The number of carbonyl (C=O) groups is 1. The lowest BCUT2D eigenvalue weighted by atomic mass is 10.2. The van der Waals surface area contributed by atoms with Gasteiger partial charge in [0.2, 0.25) is 0 Å². The molecule has 126 valence electrons. The number of hydrazone groups is 1. The highest BCUT2D eigenvalue weighted by Gasteiger charge is 2.10. The molecule has 2 aromatic carbocycles. The van der Waals surface area contributed by atoms with E-state index in [0.717, 1.165) is 0 Å². The monoisotopic (exact) mass is 392 g/mol. The quantitative estimate of drug-likeness (QED) is 0.458. The van der Waals surface area contributed by atoms with Gasteiger partial charge in [0.15, 0.2) is 0 Å². The third kappa shape index (κ3) is 4.23. The van der Waals surface area contributed by atoms with Crippen molar-refractivity contribution in [2.24, 2.45) is 5.10 Å². The number of benzene rings is 2. The van der Waals surface area contributed by atoms with Gasteiger partial charge in [-0.1, -0.05) is 46.9 Å². The normalized spacial score (nSPS) is 11.0. The molecule has 4 nitrogen and oxygen atoms in total. The zero-order chi connectivity index (χ0) is 17.8. The van der Waals surface area contributed by atoms with Gasteiger partial charge in [-0.3, -0.25) is 4.79 Å². The Bertz CT molecular complexity index is 951. The standard InChI is InChI=1S/C18H11Cl3N2O2/c19-12-4-1-3-11(9-12)18(24)23-22-10-13-7-8-16(25-13)14-5-2-6-15(20)17(14)21/h1-10H,(H,23,24). The Balaban J connectivity index is 1.70. The highest BCUT2D eigenvalue weighted by atomic mass is 35.5. The lowest BCUT2D eigenvalue weighted by Crippen LogP contribution is -2.17.